The van der Waals surface area contributed by atoms with E-state index >= 15 is 0 Å². The normalized spacial score (nSPS) is 14.8. The fourth-order valence-electron chi connectivity index (χ4n) is 2.04. The average Bonchev–Trinajstić information content (AvgIpc) is 3.13. The van der Waals surface area contributed by atoms with Crippen molar-refractivity contribution in [1.82, 2.24) is 9.97 Å². The molecular formula is C13H22N4. The Bertz CT molecular complexity index is 374. The second-order valence-corrected chi connectivity index (χ2v) is 4.84. The van der Waals surface area contributed by atoms with E-state index in [1.807, 2.05) is 13.2 Å². The molecular weight excluding hydrogens is 212 g/mol. The van der Waals surface area contributed by atoms with Gasteiger partial charge in [0.1, 0.15) is 5.82 Å². The lowest BCUT2D eigenvalue weighted by Gasteiger charge is -2.24. The van der Waals surface area contributed by atoms with Gasteiger partial charge < -0.3 is 10.2 Å². The van der Waals surface area contributed by atoms with E-state index in [-0.39, 0.29) is 0 Å². The third kappa shape index (κ3) is 3.08. The number of nitrogens with one attached hydrogen (secondary N) is 1. The molecule has 1 aliphatic rings. The molecule has 1 aliphatic carbocycles. The molecule has 94 valence electrons. The van der Waals surface area contributed by atoms with Crippen LogP contribution in [0.15, 0.2) is 6.20 Å². The molecule has 1 saturated carbocycles. The summed E-state index contributed by atoms with van der Waals surface area (Å²) in [5.41, 5.74) is 1.16. The molecule has 0 spiro atoms. The summed E-state index contributed by atoms with van der Waals surface area (Å²) in [4.78, 5) is 11.3. The molecule has 0 aliphatic heterocycles. The van der Waals surface area contributed by atoms with E-state index in [2.05, 4.69) is 34.0 Å². The fourth-order valence-corrected chi connectivity index (χ4v) is 2.04. The van der Waals surface area contributed by atoms with Crippen LogP contribution >= 0.6 is 0 Å². The van der Waals surface area contributed by atoms with Gasteiger partial charge in [-0.25, -0.2) is 4.98 Å². The summed E-state index contributed by atoms with van der Waals surface area (Å²) in [5.74, 6) is 2.69. The highest BCUT2D eigenvalue weighted by atomic mass is 15.2. The molecule has 17 heavy (non-hydrogen) atoms. The third-order valence-electron chi connectivity index (χ3n) is 3.14. The number of aromatic nitrogens is 2. The maximum absolute atomic E-state index is 4.59. The van der Waals surface area contributed by atoms with Crippen LogP contribution in [0.25, 0.3) is 0 Å². The smallest absolute Gasteiger partial charge is 0.224 e. The van der Waals surface area contributed by atoms with Gasteiger partial charge in [-0.1, -0.05) is 6.92 Å². The van der Waals surface area contributed by atoms with E-state index in [9.17, 15) is 0 Å². The molecule has 0 amide bonds. The number of aryl methyl sites for hydroxylation is 1. The molecule has 1 aromatic heterocycles. The largest absolute Gasteiger partial charge is 0.357 e. The number of hydrogen-bond donors (Lipinski definition) is 1. The quantitative estimate of drug-likeness (QED) is 0.821. The van der Waals surface area contributed by atoms with Gasteiger partial charge in [0.25, 0.3) is 0 Å². The van der Waals surface area contributed by atoms with E-state index in [1.165, 1.54) is 12.8 Å². The van der Waals surface area contributed by atoms with Crippen molar-refractivity contribution >= 4 is 11.8 Å². The lowest BCUT2D eigenvalue weighted by molar-refractivity contribution is 0.696. The topological polar surface area (TPSA) is 41.1 Å². The third-order valence-corrected chi connectivity index (χ3v) is 3.14. The lowest BCUT2D eigenvalue weighted by Crippen LogP contribution is -2.28. The van der Waals surface area contributed by atoms with Crippen LogP contribution in [-0.2, 0) is 0 Å². The zero-order valence-electron chi connectivity index (χ0n) is 11.0. The Morgan fingerprint density at radius 2 is 2.24 bits per heavy atom. The minimum atomic E-state index is 0.711. The van der Waals surface area contributed by atoms with Crippen molar-refractivity contribution in [2.24, 2.45) is 5.92 Å². The molecule has 0 bridgehead atoms. The average molecular weight is 234 g/mol. The SMILES string of the molecule is CCCN(CC1CC1)c1nc(NC)ncc1C. The van der Waals surface area contributed by atoms with Crippen LogP contribution < -0.4 is 10.2 Å². The zero-order valence-corrected chi connectivity index (χ0v) is 11.0. The first-order valence-electron chi connectivity index (χ1n) is 6.51. The highest BCUT2D eigenvalue weighted by molar-refractivity contribution is 5.49. The molecule has 2 rings (SSSR count). The molecule has 0 aromatic carbocycles. The van der Waals surface area contributed by atoms with Crippen molar-refractivity contribution in [3.63, 3.8) is 0 Å². The summed E-state index contributed by atoms with van der Waals surface area (Å²) in [6.45, 7) is 6.53. The Morgan fingerprint density at radius 3 is 2.82 bits per heavy atom. The standard InChI is InChI=1S/C13H22N4/c1-4-7-17(9-11-5-6-11)12-10(2)8-15-13(14-3)16-12/h8,11H,4-7,9H2,1-3H3,(H,14,15,16). The number of hydrogen-bond acceptors (Lipinski definition) is 4. The van der Waals surface area contributed by atoms with Gasteiger partial charge in [-0.15, -0.1) is 0 Å². The number of nitrogens with zero attached hydrogens (tertiary/aromatic N) is 3. The summed E-state index contributed by atoms with van der Waals surface area (Å²) < 4.78 is 0. The minimum absolute atomic E-state index is 0.711. The molecule has 0 saturated heterocycles. The van der Waals surface area contributed by atoms with E-state index in [1.54, 1.807) is 0 Å². The van der Waals surface area contributed by atoms with E-state index in [4.69, 9.17) is 0 Å². The van der Waals surface area contributed by atoms with Gasteiger partial charge in [-0.3, -0.25) is 0 Å². The van der Waals surface area contributed by atoms with Crippen LogP contribution in [-0.4, -0.2) is 30.1 Å². The summed E-state index contributed by atoms with van der Waals surface area (Å²) in [6.07, 6.45) is 5.82. The number of rotatable bonds is 6. The van der Waals surface area contributed by atoms with E-state index in [0.29, 0.717) is 5.95 Å². The fraction of sp³-hybridized carbons (Fsp3) is 0.692. The molecule has 0 unspecified atom stereocenters. The Kier molecular flexibility index (Phi) is 3.82. The maximum atomic E-state index is 4.59. The molecule has 0 atom stereocenters. The number of anilines is 2. The molecule has 1 fully saturated rings. The van der Waals surface area contributed by atoms with Crippen molar-refractivity contribution < 1.29 is 0 Å². The summed E-state index contributed by atoms with van der Waals surface area (Å²) in [6, 6.07) is 0. The molecule has 4 heteroatoms. The van der Waals surface area contributed by atoms with Gasteiger partial charge in [-0.05, 0) is 32.1 Å². The van der Waals surface area contributed by atoms with Crippen LogP contribution in [0.2, 0.25) is 0 Å². The van der Waals surface area contributed by atoms with Crippen LogP contribution in [0, 0.1) is 12.8 Å². The van der Waals surface area contributed by atoms with Crippen molar-refractivity contribution in [2.75, 3.05) is 30.4 Å². The van der Waals surface area contributed by atoms with Gasteiger partial charge >= 0.3 is 0 Å². The molecule has 0 radical (unpaired) electrons. The minimum Gasteiger partial charge on any atom is -0.357 e. The summed E-state index contributed by atoms with van der Waals surface area (Å²) in [5, 5.41) is 3.01. The Balaban J connectivity index is 2.19. The van der Waals surface area contributed by atoms with Gasteiger partial charge in [-0.2, -0.15) is 4.98 Å². The van der Waals surface area contributed by atoms with Gasteiger partial charge in [0.15, 0.2) is 0 Å². The first kappa shape index (κ1) is 12.1. The van der Waals surface area contributed by atoms with Crippen LogP contribution in [0.3, 0.4) is 0 Å². The van der Waals surface area contributed by atoms with Crippen LogP contribution in [0.1, 0.15) is 31.7 Å². The van der Waals surface area contributed by atoms with Crippen molar-refractivity contribution in [1.29, 1.82) is 0 Å². The molecule has 1 heterocycles. The van der Waals surface area contributed by atoms with Crippen molar-refractivity contribution in [2.45, 2.75) is 33.1 Å². The zero-order chi connectivity index (χ0) is 12.3. The molecule has 1 N–H and O–H groups in total. The predicted molar refractivity (Wildman–Crippen MR) is 71.5 cm³/mol. The summed E-state index contributed by atoms with van der Waals surface area (Å²) >= 11 is 0. The van der Waals surface area contributed by atoms with Gasteiger partial charge in [0.05, 0.1) is 0 Å². The van der Waals surface area contributed by atoms with Crippen LogP contribution in [0.4, 0.5) is 11.8 Å². The highest BCUT2D eigenvalue weighted by Crippen LogP contribution is 2.31. The monoisotopic (exact) mass is 234 g/mol. The Morgan fingerprint density at radius 1 is 1.47 bits per heavy atom. The maximum Gasteiger partial charge on any atom is 0.224 e. The van der Waals surface area contributed by atoms with Crippen LogP contribution in [0.5, 0.6) is 0 Å². The predicted octanol–water partition coefficient (Wildman–Crippen LogP) is 2.45. The molecule has 1 aromatic rings. The molecule has 4 nitrogen and oxygen atoms in total. The highest BCUT2D eigenvalue weighted by Gasteiger charge is 2.25. The first-order chi connectivity index (χ1) is 8.24. The van der Waals surface area contributed by atoms with Crippen molar-refractivity contribution in [3.8, 4) is 0 Å². The first-order valence-corrected chi connectivity index (χ1v) is 6.51. The van der Waals surface area contributed by atoms with Crippen molar-refractivity contribution in [3.05, 3.63) is 11.8 Å². The summed E-state index contributed by atoms with van der Waals surface area (Å²) in [7, 11) is 1.86. The van der Waals surface area contributed by atoms with E-state index < -0.39 is 0 Å². The lowest BCUT2D eigenvalue weighted by atomic mass is 10.2. The Labute approximate surface area is 103 Å². The Hall–Kier alpha value is -1.32. The van der Waals surface area contributed by atoms with Gasteiger partial charge in [0.2, 0.25) is 5.95 Å². The van der Waals surface area contributed by atoms with E-state index in [0.717, 1.165) is 36.8 Å². The second-order valence-electron chi connectivity index (χ2n) is 4.84. The van der Waals surface area contributed by atoms with Gasteiger partial charge in [0, 0.05) is 31.9 Å². The second kappa shape index (κ2) is 5.34.